The number of carbonyl (C=O) groups is 1. The predicted octanol–water partition coefficient (Wildman–Crippen LogP) is 0.370. The molecule has 2 heterocycles. The molecule has 0 aliphatic carbocycles. The summed E-state index contributed by atoms with van der Waals surface area (Å²) in [4.78, 5) is 16.4. The van der Waals surface area contributed by atoms with Gasteiger partial charge in [0.25, 0.3) is 5.91 Å². The van der Waals surface area contributed by atoms with Gasteiger partial charge in [-0.15, -0.1) is 0 Å². The zero-order valence-corrected chi connectivity index (χ0v) is 16.1. The summed E-state index contributed by atoms with van der Waals surface area (Å²) in [5, 5.41) is 0. The van der Waals surface area contributed by atoms with Crippen LogP contribution in [0, 0.1) is 0 Å². The van der Waals surface area contributed by atoms with Crippen LogP contribution in [-0.4, -0.2) is 92.2 Å². The summed E-state index contributed by atoms with van der Waals surface area (Å²) < 4.78 is 30.8. The molecular formula is C16H31N3O4S. The molecule has 0 saturated carbocycles. The minimum Gasteiger partial charge on any atom is -0.368 e. The van der Waals surface area contributed by atoms with Gasteiger partial charge in [-0.05, 0) is 33.6 Å². The molecule has 24 heavy (non-hydrogen) atoms. The van der Waals surface area contributed by atoms with Gasteiger partial charge >= 0.3 is 0 Å². The largest absolute Gasteiger partial charge is 0.368 e. The van der Waals surface area contributed by atoms with Crippen molar-refractivity contribution in [3.05, 3.63) is 0 Å². The summed E-state index contributed by atoms with van der Waals surface area (Å²) >= 11 is 0. The number of rotatable bonds is 5. The van der Waals surface area contributed by atoms with Crippen molar-refractivity contribution in [1.82, 2.24) is 14.1 Å². The maximum atomic E-state index is 12.4. The Labute approximate surface area is 146 Å². The number of carbonyl (C=O) groups excluding carboxylic acids is 1. The first-order chi connectivity index (χ1) is 11.1. The average Bonchev–Trinajstić information content (AvgIpc) is 3.05. The van der Waals surface area contributed by atoms with Crippen LogP contribution in [0.1, 0.15) is 33.6 Å². The number of likely N-dealkylation sites (N-methyl/N-ethyl adjacent to an activating group) is 1. The lowest BCUT2D eigenvalue weighted by atomic mass is 10.2. The van der Waals surface area contributed by atoms with E-state index in [0.717, 1.165) is 25.9 Å². The lowest BCUT2D eigenvalue weighted by molar-refractivity contribution is -0.142. The number of piperazine rings is 1. The SMILES string of the molecule is CN(CCN1CCN(C(=O)[C@@H]2CCCO2)CC1)S(=O)(=O)C(C)(C)C. The van der Waals surface area contributed by atoms with E-state index in [4.69, 9.17) is 4.74 Å². The van der Waals surface area contributed by atoms with E-state index >= 15 is 0 Å². The fraction of sp³-hybridized carbons (Fsp3) is 0.938. The first-order valence-electron chi connectivity index (χ1n) is 8.71. The van der Waals surface area contributed by atoms with Gasteiger partial charge in [-0.2, -0.15) is 0 Å². The second kappa shape index (κ2) is 7.68. The zero-order valence-electron chi connectivity index (χ0n) is 15.3. The Morgan fingerprint density at radius 2 is 1.83 bits per heavy atom. The summed E-state index contributed by atoms with van der Waals surface area (Å²) in [6, 6.07) is 0. The van der Waals surface area contributed by atoms with Crippen LogP contribution in [0.2, 0.25) is 0 Å². The van der Waals surface area contributed by atoms with E-state index < -0.39 is 14.8 Å². The van der Waals surface area contributed by atoms with Crippen molar-refractivity contribution >= 4 is 15.9 Å². The van der Waals surface area contributed by atoms with Crippen LogP contribution in [0.4, 0.5) is 0 Å². The quantitative estimate of drug-likeness (QED) is 0.708. The fourth-order valence-corrected chi connectivity index (χ4v) is 4.29. The number of sulfonamides is 1. The van der Waals surface area contributed by atoms with Gasteiger partial charge in [0.1, 0.15) is 6.10 Å². The van der Waals surface area contributed by atoms with Crippen molar-refractivity contribution in [2.24, 2.45) is 0 Å². The van der Waals surface area contributed by atoms with Crippen LogP contribution in [0.3, 0.4) is 0 Å². The van der Waals surface area contributed by atoms with Crippen molar-refractivity contribution in [1.29, 1.82) is 0 Å². The molecule has 0 unspecified atom stereocenters. The van der Waals surface area contributed by atoms with Gasteiger partial charge in [0.2, 0.25) is 10.0 Å². The molecule has 140 valence electrons. The second-order valence-corrected chi connectivity index (χ2v) is 10.4. The molecule has 0 radical (unpaired) electrons. The molecule has 2 aliphatic rings. The van der Waals surface area contributed by atoms with Crippen LogP contribution < -0.4 is 0 Å². The molecule has 1 atom stereocenters. The van der Waals surface area contributed by atoms with Crippen LogP contribution in [-0.2, 0) is 19.6 Å². The summed E-state index contributed by atoms with van der Waals surface area (Å²) in [5.74, 6) is 0.111. The minimum atomic E-state index is -3.29. The number of hydrogen-bond donors (Lipinski definition) is 0. The Bertz CT molecular complexity index is 530. The van der Waals surface area contributed by atoms with E-state index in [1.54, 1.807) is 27.8 Å². The summed E-state index contributed by atoms with van der Waals surface area (Å²) in [6.45, 7) is 9.93. The van der Waals surface area contributed by atoms with E-state index in [1.807, 2.05) is 4.90 Å². The van der Waals surface area contributed by atoms with Gasteiger partial charge < -0.3 is 9.64 Å². The van der Waals surface area contributed by atoms with Crippen molar-refractivity contribution < 1.29 is 17.9 Å². The van der Waals surface area contributed by atoms with E-state index in [1.165, 1.54) is 4.31 Å². The fourth-order valence-electron chi connectivity index (χ4n) is 3.04. The Hall–Kier alpha value is -0.700. The maximum absolute atomic E-state index is 12.4. The van der Waals surface area contributed by atoms with Gasteiger partial charge in [-0.3, -0.25) is 9.69 Å². The average molecular weight is 362 g/mol. The topological polar surface area (TPSA) is 70.2 Å². The predicted molar refractivity (Wildman–Crippen MR) is 93.3 cm³/mol. The normalized spacial score (nSPS) is 23.9. The molecule has 8 heteroatoms. The standard InChI is InChI=1S/C16H31N3O4S/c1-16(2,3)24(21,22)17(4)7-8-18-9-11-19(12-10-18)15(20)14-6-5-13-23-14/h14H,5-13H2,1-4H3/t14-/m0/s1. The second-order valence-electron chi connectivity index (χ2n) is 7.61. The highest BCUT2D eigenvalue weighted by Crippen LogP contribution is 2.19. The molecule has 0 aromatic carbocycles. The molecule has 7 nitrogen and oxygen atoms in total. The Morgan fingerprint density at radius 1 is 1.21 bits per heavy atom. The molecular weight excluding hydrogens is 330 g/mol. The minimum absolute atomic E-state index is 0.111. The highest BCUT2D eigenvalue weighted by Gasteiger charge is 2.34. The smallest absolute Gasteiger partial charge is 0.251 e. The molecule has 0 N–H and O–H groups in total. The van der Waals surface area contributed by atoms with Gasteiger partial charge in [0.15, 0.2) is 0 Å². The lowest BCUT2D eigenvalue weighted by Crippen LogP contribution is -2.53. The van der Waals surface area contributed by atoms with Crippen LogP contribution in [0.25, 0.3) is 0 Å². The molecule has 2 fully saturated rings. The first kappa shape index (κ1) is 19.6. The number of hydrogen-bond acceptors (Lipinski definition) is 5. The first-order valence-corrected chi connectivity index (χ1v) is 10.2. The van der Waals surface area contributed by atoms with Crippen molar-refractivity contribution in [3.63, 3.8) is 0 Å². The molecule has 2 aliphatic heterocycles. The zero-order chi connectivity index (χ0) is 18.0. The van der Waals surface area contributed by atoms with Gasteiger partial charge in [-0.1, -0.05) is 0 Å². The third-order valence-corrected chi connectivity index (χ3v) is 7.36. The number of nitrogens with zero attached hydrogens (tertiary/aromatic N) is 3. The van der Waals surface area contributed by atoms with E-state index in [0.29, 0.717) is 32.8 Å². The summed E-state index contributed by atoms with van der Waals surface area (Å²) in [7, 11) is -1.65. The van der Waals surface area contributed by atoms with Gasteiger partial charge in [0, 0.05) is 52.9 Å². The van der Waals surface area contributed by atoms with Crippen molar-refractivity contribution in [3.8, 4) is 0 Å². The van der Waals surface area contributed by atoms with Gasteiger partial charge in [0.05, 0.1) is 4.75 Å². The Balaban J connectivity index is 1.76. The van der Waals surface area contributed by atoms with Crippen LogP contribution in [0.15, 0.2) is 0 Å². The number of ether oxygens (including phenoxy) is 1. The third kappa shape index (κ3) is 4.47. The van der Waals surface area contributed by atoms with E-state index in [-0.39, 0.29) is 12.0 Å². The highest BCUT2D eigenvalue weighted by molar-refractivity contribution is 7.90. The third-order valence-electron chi connectivity index (χ3n) is 4.80. The van der Waals surface area contributed by atoms with Crippen LogP contribution >= 0.6 is 0 Å². The molecule has 2 rings (SSSR count). The van der Waals surface area contributed by atoms with Crippen molar-refractivity contribution in [2.75, 3.05) is 52.9 Å². The molecule has 1 amide bonds. The molecule has 2 saturated heterocycles. The van der Waals surface area contributed by atoms with E-state index in [2.05, 4.69) is 4.90 Å². The van der Waals surface area contributed by atoms with E-state index in [9.17, 15) is 13.2 Å². The number of amides is 1. The van der Waals surface area contributed by atoms with Crippen molar-refractivity contribution in [2.45, 2.75) is 44.5 Å². The Morgan fingerprint density at radius 3 is 2.33 bits per heavy atom. The summed E-state index contributed by atoms with van der Waals surface area (Å²) in [6.07, 6.45) is 1.54. The molecule has 0 aromatic heterocycles. The maximum Gasteiger partial charge on any atom is 0.251 e. The monoisotopic (exact) mass is 361 g/mol. The lowest BCUT2D eigenvalue weighted by Gasteiger charge is -2.36. The highest BCUT2D eigenvalue weighted by atomic mass is 32.2. The molecule has 0 bridgehead atoms. The molecule has 0 spiro atoms. The van der Waals surface area contributed by atoms with Gasteiger partial charge in [-0.25, -0.2) is 12.7 Å². The Kier molecular flexibility index (Phi) is 6.28. The summed E-state index contributed by atoms with van der Waals surface area (Å²) in [5.41, 5.74) is 0. The molecule has 0 aromatic rings. The van der Waals surface area contributed by atoms with Crippen LogP contribution in [0.5, 0.6) is 0 Å².